The number of rotatable bonds is 5. The van der Waals surface area contributed by atoms with Gasteiger partial charge in [-0.15, -0.1) is 0 Å². The molecule has 0 bridgehead atoms. The minimum atomic E-state index is -4.40. The van der Waals surface area contributed by atoms with Gasteiger partial charge in [0.15, 0.2) is 11.5 Å². The fourth-order valence-corrected chi connectivity index (χ4v) is 2.82. The first-order chi connectivity index (χ1) is 15.6. The van der Waals surface area contributed by atoms with E-state index in [0.29, 0.717) is 23.5 Å². The van der Waals surface area contributed by atoms with Crippen LogP contribution in [0.1, 0.15) is 27.2 Å². The van der Waals surface area contributed by atoms with Crippen molar-refractivity contribution >= 4 is 23.9 Å². The van der Waals surface area contributed by atoms with E-state index >= 15 is 0 Å². The Hall–Kier alpha value is -4.15. The van der Waals surface area contributed by atoms with E-state index in [4.69, 9.17) is 10.5 Å². The SMILES string of the molecule is COC(=O)c1nc(-c2ccc(CNc3ccc(C)c(C(F)(F)F)c3)cc2)cnc1N.NC=O. The average molecular weight is 461 g/mol. The van der Waals surface area contributed by atoms with Crippen molar-refractivity contribution in [3.8, 4) is 11.3 Å². The van der Waals surface area contributed by atoms with Crippen molar-refractivity contribution in [2.75, 3.05) is 18.2 Å². The molecule has 3 rings (SSSR count). The van der Waals surface area contributed by atoms with Gasteiger partial charge in [-0.1, -0.05) is 30.3 Å². The van der Waals surface area contributed by atoms with Crippen LogP contribution in [0.5, 0.6) is 0 Å². The summed E-state index contributed by atoms with van der Waals surface area (Å²) in [5.41, 5.74) is 11.6. The molecule has 0 aliphatic rings. The van der Waals surface area contributed by atoms with Crippen LogP contribution in [0.4, 0.5) is 24.7 Å². The summed E-state index contributed by atoms with van der Waals surface area (Å²) in [4.78, 5) is 28.5. The van der Waals surface area contributed by atoms with Gasteiger partial charge in [0.05, 0.1) is 24.6 Å². The molecule has 5 N–H and O–H groups in total. The monoisotopic (exact) mass is 461 g/mol. The minimum Gasteiger partial charge on any atom is -0.464 e. The fraction of sp³-hybridized carbons (Fsp3) is 0.182. The molecule has 0 unspecified atom stereocenters. The highest BCUT2D eigenvalue weighted by molar-refractivity contribution is 5.92. The predicted octanol–water partition coefficient (Wildman–Crippen LogP) is 3.55. The predicted molar refractivity (Wildman–Crippen MR) is 117 cm³/mol. The fourth-order valence-electron chi connectivity index (χ4n) is 2.82. The maximum atomic E-state index is 13.0. The molecule has 0 saturated heterocycles. The van der Waals surface area contributed by atoms with E-state index in [2.05, 4.69) is 25.8 Å². The van der Waals surface area contributed by atoms with Gasteiger partial charge in [0, 0.05) is 17.8 Å². The van der Waals surface area contributed by atoms with Gasteiger partial charge in [-0.2, -0.15) is 13.2 Å². The molecule has 174 valence electrons. The Morgan fingerprint density at radius 2 is 1.82 bits per heavy atom. The summed E-state index contributed by atoms with van der Waals surface area (Å²) in [7, 11) is 1.23. The highest BCUT2D eigenvalue weighted by atomic mass is 19.4. The van der Waals surface area contributed by atoms with Crippen LogP contribution in [0.25, 0.3) is 11.3 Å². The Labute approximate surface area is 187 Å². The standard InChI is InChI=1S/C21H19F3N4O2.CH3NO/c1-12-3-8-15(9-16(12)21(22,23)24)26-10-13-4-6-14(7-5-13)17-11-27-19(25)18(28-17)20(29)30-2;2-1-3/h3-9,11,26H,10H2,1-2H3,(H2,25,27);1H,(H2,2,3). The molecule has 0 saturated carbocycles. The second-order valence-electron chi connectivity index (χ2n) is 6.69. The van der Waals surface area contributed by atoms with Crippen LogP contribution in [-0.4, -0.2) is 29.5 Å². The normalized spacial score (nSPS) is 10.6. The number of carbonyl (C=O) groups is 2. The number of aryl methyl sites for hydroxylation is 1. The van der Waals surface area contributed by atoms with Crippen molar-refractivity contribution in [2.24, 2.45) is 5.73 Å². The molecule has 8 nitrogen and oxygen atoms in total. The van der Waals surface area contributed by atoms with Crippen molar-refractivity contribution < 1.29 is 27.5 Å². The van der Waals surface area contributed by atoms with Crippen molar-refractivity contribution in [1.82, 2.24) is 9.97 Å². The second-order valence-corrected chi connectivity index (χ2v) is 6.69. The molecule has 0 aliphatic heterocycles. The maximum absolute atomic E-state index is 13.0. The molecule has 0 fully saturated rings. The molecule has 0 radical (unpaired) electrons. The zero-order chi connectivity index (χ0) is 24.6. The third kappa shape index (κ3) is 6.66. The van der Waals surface area contributed by atoms with E-state index in [1.807, 2.05) is 0 Å². The van der Waals surface area contributed by atoms with Crippen LogP contribution in [0.3, 0.4) is 0 Å². The van der Waals surface area contributed by atoms with E-state index in [1.165, 1.54) is 26.3 Å². The largest absolute Gasteiger partial charge is 0.464 e. The Bertz CT molecular complexity index is 1120. The molecule has 3 aromatic rings. The summed E-state index contributed by atoms with van der Waals surface area (Å²) >= 11 is 0. The number of ether oxygens (including phenoxy) is 1. The van der Waals surface area contributed by atoms with E-state index in [9.17, 15) is 18.0 Å². The van der Waals surface area contributed by atoms with Crippen LogP contribution in [-0.2, 0) is 22.3 Å². The Balaban J connectivity index is 0.00000122. The summed E-state index contributed by atoms with van der Waals surface area (Å²) in [6.07, 6.45) is -2.70. The van der Waals surface area contributed by atoms with Crippen LogP contribution >= 0.6 is 0 Å². The molecular formula is C22H22F3N5O3. The third-order valence-electron chi connectivity index (χ3n) is 4.47. The van der Waals surface area contributed by atoms with E-state index in [-0.39, 0.29) is 23.5 Å². The first-order valence-electron chi connectivity index (χ1n) is 9.48. The number of methoxy groups -OCH3 is 1. The topological polar surface area (TPSA) is 133 Å². The number of amides is 1. The quantitative estimate of drug-likeness (QED) is 0.391. The first kappa shape index (κ1) is 25.1. The summed E-state index contributed by atoms with van der Waals surface area (Å²) in [5.74, 6) is -0.707. The molecule has 2 aromatic carbocycles. The summed E-state index contributed by atoms with van der Waals surface area (Å²) < 4.78 is 43.8. The Morgan fingerprint density at radius 1 is 1.18 bits per heavy atom. The number of halogens is 3. The number of esters is 1. The number of anilines is 2. The van der Waals surface area contributed by atoms with E-state index < -0.39 is 17.7 Å². The molecular weight excluding hydrogens is 439 g/mol. The number of hydrogen-bond donors (Lipinski definition) is 3. The van der Waals surface area contributed by atoms with Gasteiger partial charge in [-0.05, 0) is 30.2 Å². The number of nitrogens with zero attached hydrogens (tertiary/aromatic N) is 2. The number of nitrogens with two attached hydrogens (primary N) is 2. The number of aromatic nitrogens is 2. The Morgan fingerprint density at radius 3 is 2.39 bits per heavy atom. The van der Waals surface area contributed by atoms with Crippen molar-refractivity contribution in [1.29, 1.82) is 0 Å². The molecule has 1 amide bonds. The highest BCUT2D eigenvalue weighted by Gasteiger charge is 2.32. The van der Waals surface area contributed by atoms with Gasteiger partial charge in [-0.25, -0.2) is 14.8 Å². The lowest BCUT2D eigenvalue weighted by molar-refractivity contribution is -0.138. The summed E-state index contributed by atoms with van der Waals surface area (Å²) in [6, 6.07) is 11.3. The lowest BCUT2D eigenvalue weighted by atomic mass is 10.1. The number of primary amides is 1. The Kier molecular flexibility index (Phi) is 8.32. The highest BCUT2D eigenvalue weighted by Crippen LogP contribution is 2.33. The number of nitrogen functional groups attached to an aromatic ring is 1. The van der Waals surface area contributed by atoms with Crippen LogP contribution in [0.2, 0.25) is 0 Å². The smallest absolute Gasteiger partial charge is 0.416 e. The average Bonchev–Trinajstić information content (AvgIpc) is 2.78. The molecule has 0 aliphatic carbocycles. The molecule has 0 atom stereocenters. The van der Waals surface area contributed by atoms with Crippen LogP contribution in [0.15, 0.2) is 48.7 Å². The number of benzene rings is 2. The zero-order valence-corrected chi connectivity index (χ0v) is 17.8. The van der Waals surface area contributed by atoms with Gasteiger partial charge in [0.2, 0.25) is 6.41 Å². The van der Waals surface area contributed by atoms with E-state index in [1.54, 1.807) is 30.3 Å². The number of hydrogen-bond acceptors (Lipinski definition) is 7. The van der Waals surface area contributed by atoms with Crippen LogP contribution in [0, 0.1) is 6.92 Å². The second kappa shape index (κ2) is 10.9. The summed E-state index contributed by atoms with van der Waals surface area (Å²) in [5, 5.41) is 2.99. The van der Waals surface area contributed by atoms with Crippen molar-refractivity contribution in [2.45, 2.75) is 19.6 Å². The number of nitrogens with one attached hydrogen (secondary N) is 1. The zero-order valence-electron chi connectivity index (χ0n) is 17.8. The lowest BCUT2D eigenvalue weighted by Crippen LogP contribution is -2.10. The van der Waals surface area contributed by atoms with Crippen LogP contribution < -0.4 is 16.8 Å². The van der Waals surface area contributed by atoms with Gasteiger partial charge >= 0.3 is 12.1 Å². The van der Waals surface area contributed by atoms with Crippen molar-refractivity contribution in [3.63, 3.8) is 0 Å². The maximum Gasteiger partial charge on any atom is 0.416 e. The number of carbonyl (C=O) groups excluding carboxylic acids is 2. The third-order valence-corrected chi connectivity index (χ3v) is 4.47. The molecule has 1 aromatic heterocycles. The van der Waals surface area contributed by atoms with Gasteiger partial charge in [-0.3, -0.25) is 4.79 Å². The van der Waals surface area contributed by atoms with E-state index in [0.717, 1.165) is 11.6 Å². The van der Waals surface area contributed by atoms with Gasteiger partial charge in [0.1, 0.15) is 0 Å². The molecule has 33 heavy (non-hydrogen) atoms. The molecule has 1 heterocycles. The summed E-state index contributed by atoms with van der Waals surface area (Å²) in [6.45, 7) is 1.76. The number of alkyl halides is 3. The lowest BCUT2D eigenvalue weighted by Gasteiger charge is -2.13. The first-order valence-corrected chi connectivity index (χ1v) is 9.48. The molecule has 11 heteroatoms. The van der Waals surface area contributed by atoms with Gasteiger partial charge < -0.3 is 21.5 Å². The van der Waals surface area contributed by atoms with Crippen molar-refractivity contribution in [3.05, 3.63) is 71.0 Å². The molecule has 0 spiro atoms. The minimum absolute atomic E-state index is 0.0252. The van der Waals surface area contributed by atoms with Gasteiger partial charge in [0.25, 0.3) is 0 Å².